The fourth-order valence-corrected chi connectivity index (χ4v) is 2.58. The molecule has 2 aliphatic carbocycles. The van der Waals surface area contributed by atoms with Crippen LogP contribution in [-0.4, -0.2) is 29.8 Å². The highest BCUT2D eigenvalue weighted by molar-refractivity contribution is 4.93. The Morgan fingerprint density at radius 1 is 1.31 bits per heavy atom. The first-order valence-electron chi connectivity index (χ1n) is 5.42. The van der Waals surface area contributed by atoms with Crippen LogP contribution in [0.2, 0.25) is 0 Å². The molecule has 0 aliphatic heterocycles. The third kappa shape index (κ3) is 2.03. The average molecular weight is 184 g/mol. The summed E-state index contributed by atoms with van der Waals surface area (Å²) in [6.45, 7) is 0.344. The minimum atomic E-state index is 0.344. The summed E-state index contributed by atoms with van der Waals surface area (Å²) in [5.41, 5.74) is 5.72. The van der Waals surface area contributed by atoms with Crippen molar-refractivity contribution >= 4 is 0 Å². The summed E-state index contributed by atoms with van der Waals surface area (Å²) >= 11 is 0. The maximum absolute atomic E-state index is 9.13. The quantitative estimate of drug-likeness (QED) is 0.588. The van der Waals surface area contributed by atoms with Crippen LogP contribution in [-0.2, 0) is 0 Å². The second kappa shape index (κ2) is 3.95. The zero-order valence-electron chi connectivity index (χ0n) is 8.08. The number of nitrogens with two attached hydrogens (primary N) is 1. The molecule has 2 saturated carbocycles. The molecule has 4 N–H and O–H groups in total. The molecule has 0 bridgehead atoms. The predicted molar refractivity (Wildman–Crippen MR) is 52.3 cm³/mol. The monoisotopic (exact) mass is 184 g/mol. The maximum Gasteiger partial charge on any atom is 0.0474 e. The van der Waals surface area contributed by atoms with E-state index in [4.69, 9.17) is 10.8 Å². The molecular weight excluding hydrogens is 164 g/mol. The Balaban J connectivity index is 1.74. The summed E-state index contributed by atoms with van der Waals surface area (Å²) in [4.78, 5) is 0. The molecule has 0 spiro atoms. The van der Waals surface area contributed by atoms with Crippen LogP contribution in [0.4, 0.5) is 0 Å². The van der Waals surface area contributed by atoms with Gasteiger partial charge >= 0.3 is 0 Å². The van der Waals surface area contributed by atoms with E-state index < -0.39 is 0 Å². The van der Waals surface area contributed by atoms with Gasteiger partial charge in [-0.25, -0.2) is 0 Å². The van der Waals surface area contributed by atoms with Gasteiger partial charge in [0, 0.05) is 24.7 Å². The van der Waals surface area contributed by atoms with Crippen LogP contribution in [0.1, 0.15) is 32.1 Å². The zero-order valence-corrected chi connectivity index (χ0v) is 8.08. The molecule has 2 fully saturated rings. The Morgan fingerprint density at radius 3 is 2.69 bits per heavy atom. The van der Waals surface area contributed by atoms with E-state index >= 15 is 0 Å². The highest BCUT2D eigenvalue weighted by atomic mass is 16.3. The van der Waals surface area contributed by atoms with Gasteiger partial charge in [-0.2, -0.15) is 0 Å². The normalized spacial score (nSPS) is 44.8. The molecule has 3 nitrogen and oxygen atoms in total. The van der Waals surface area contributed by atoms with E-state index in [2.05, 4.69) is 5.32 Å². The topological polar surface area (TPSA) is 58.3 Å². The summed E-state index contributed by atoms with van der Waals surface area (Å²) in [5.74, 6) is 0.497. The molecule has 2 aliphatic rings. The summed E-state index contributed by atoms with van der Waals surface area (Å²) in [7, 11) is 0. The van der Waals surface area contributed by atoms with Gasteiger partial charge in [0.25, 0.3) is 0 Å². The van der Waals surface area contributed by atoms with Crippen LogP contribution in [0, 0.1) is 5.92 Å². The van der Waals surface area contributed by atoms with Crippen molar-refractivity contribution in [3.05, 3.63) is 0 Å². The first kappa shape index (κ1) is 9.44. The van der Waals surface area contributed by atoms with Gasteiger partial charge in [-0.05, 0) is 31.6 Å². The van der Waals surface area contributed by atoms with Crippen LogP contribution >= 0.6 is 0 Å². The Kier molecular flexibility index (Phi) is 2.86. The second-order valence-corrected chi connectivity index (χ2v) is 4.58. The van der Waals surface area contributed by atoms with E-state index in [1.54, 1.807) is 0 Å². The van der Waals surface area contributed by atoms with Gasteiger partial charge in [-0.1, -0.05) is 6.42 Å². The van der Waals surface area contributed by atoms with Crippen molar-refractivity contribution in [2.75, 3.05) is 6.61 Å². The summed E-state index contributed by atoms with van der Waals surface area (Å²) in [6.07, 6.45) is 5.93. The molecule has 2 atom stereocenters. The molecule has 0 aromatic rings. The Labute approximate surface area is 79.7 Å². The minimum absolute atomic E-state index is 0.344. The van der Waals surface area contributed by atoms with Crippen LogP contribution in [0.3, 0.4) is 0 Å². The number of rotatable bonds is 3. The lowest BCUT2D eigenvalue weighted by atomic mass is 9.86. The second-order valence-electron chi connectivity index (χ2n) is 4.58. The summed E-state index contributed by atoms with van der Waals surface area (Å²) < 4.78 is 0. The van der Waals surface area contributed by atoms with E-state index in [-0.39, 0.29) is 0 Å². The van der Waals surface area contributed by atoms with Crippen molar-refractivity contribution in [1.29, 1.82) is 0 Å². The summed E-state index contributed by atoms with van der Waals surface area (Å²) in [5, 5.41) is 12.7. The van der Waals surface area contributed by atoms with Crippen LogP contribution < -0.4 is 11.1 Å². The molecule has 0 aromatic carbocycles. The van der Waals surface area contributed by atoms with E-state index in [0.29, 0.717) is 30.7 Å². The van der Waals surface area contributed by atoms with Crippen LogP contribution in [0.5, 0.6) is 0 Å². The number of hydrogen-bond donors (Lipinski definition) is 3. The first-order valence-corrected chi connectivity index (χ1v) is 5.42. The van der Waals surface area contributed by atoms with E-state index in [1.807, 2.05) is 0 Å². The molecular formula is C10H20N2O. The highest BCUT2D eigenvalue weighted by Crippen LogP contribution is 2.28. The first-order chi connectivity index (χ1) is 6.29. The van der Waals surface area contributed by atoms with Gasteiger partial charge < -0.3 is 16.2 Å². The lowest BCUT2D eigenvalue weighted by Crippen LogP contribution is -2.52. The molecule has 0 amide bonds. The van der Waals surface area contributed by atoms with Crippen LogP contribution in [0.15, 0.2) is 0 Å². The summed E-state index contributed by atoms with van der Waals surface area (Å²) in [6, 6.07) is 1.61. The van der Waals surface area contributed by atoms with Gasteiger partial charge in [0.2, 0.25) is 0 Å². The van der Waals surface area contributed by atoms with Crippen molar-refractivity contribution in [2.24, 2.45) is 11.7 Å². The van der Waals surface area contributed by atoms with Gasteiger partial charge in [0.15, 0.2) is 0 Å². The molecule has 0 saturated heterocycles. The third-order valence-corrected chi connectivity index (χ3v) is 3.52. The van der Waals surface area contributed by atoms with Crippen LogP contribution in [0.25, 0.3) is 0 Å². The third-order valence-electron chi connectivity index (χ3n) is 3.52. The van der Waals surface area contributed by atoms with Gasteiger partial charge in [-0.15, -0.1) is 0 Å². The number of aliphatic hydroxyl groups excluding tert-OH is 1. The Hall–Kier alpha value is -0.120. The number of aliphatic hydroxyl groups is 1. The van der Waals surface area contributed by atoms with Crippen molar-refractivity contribution in [3.63, 3.8) is 0 Å². The molecule has 0 aromatic heterocycles. The molecule has 3 heteroatoms. The fraction of sp³-hybridized carbons (Fsp3) is 1.00. The van der Waals surface area contributed by atoms with E-state index in [1.165, 1.54) is 19.3 Å². The highest BCUT2D eigenvalue weighted by Gasteiger charge is 2.32. The average Bonchev–Trinajstić information content (AvgIpc) is 2.49. The number of nitrogens with one attached hydrogen (secondary N) is 1. The fourth-order valence-electron chi connectivity index (χ4n) is 2.58. The molecule has 0 radical (unpaired) electrons. The molecule has 0 heterocycles. The predicted octanol–water partition coefficient (Wildman–Crippen LogP) is 0.227. The van der Waals surface area contributed by atoms with E-state index in [9.17, 15) is 0 Å². The zero-order chi connectivity index (χ0) is 9.26. The SMILES string of the molecule is NC1CC(N[C@@H]2CCC[C@@H]2CO)C1. The Morgan fingerprint density at radius 2 is 2.08 bits per heavy atom. The lowest BCUT2D eigenvalue weighted by Gasteiger charge is -2.36. The Bertz CT molecular complexity index is 168. The van der Waals surface area contributed by atoms with Crippen molar-refractivity contribution in [2.45, 2.75) is 50.2 Å². The molecule has 0 unspecified atom stereocenters. The lowest BCUT2D eigenvalue weighted by molar-refractivity contribution is 0.180. The van der Waals surface area contributed by atoms with E-state index in [0.717, 1.165) is 12.8 Å². The standard InChI is InChI=1S/C10H20N2O/c11-8-4-9(5-8)12-10-3-1-2-7(10)6-13/h7-10,12-13H,1-6,11H2/t7-,8?,9?,10-/m1/s1. The van der Waals surface area contributed by atoms with Gasteiger partial charge in [0.05, 0.1) is 0 Å². The van der Waals surface area contributed by atoms with Crippen molar-refractivity contribution < 1.29 is 5.11 Å². The maximum atomic E-state index is 9.13. The molecule has 13 heavy (non-hydrogen) atoms. The largest absolute Gasteiger partial charge is 0.396 e. The molecule has 76 valence electrons. The smallest absolute Gasteiger partial charge is 0.0474 e. The van der Waals surface area contributed by atoms with Gasteiger partial charge in [-0.3, -0.25) is 0 Å². The molecule has 2 rings (SSSR count). The van der Waals surface area contributed by atoms with Crippen molar-refractivity contribution in [3.8, 4) is 0 Å². The van der Waals surface area contributed by atoms with Crippen molar-refractivity contribution in [1.82, 2.24) is 5.32 Å². The minimum Gasteiger partial charge on any atom is -0.396 e. The van der Waals surface area contributed by atoms with Gasteiger partial charge in [0.1, 0.15) is 0 Å². The number of hydrogen-bond acceptors (Lipinski definition) is 3.